The molecule has 74 valence electrons. The Morgan fingerprint density at radius 2 is 2.23 bits per heavy atom. The van der Waals surface area contributed by atoms with Crippen LogP contribution in [-0.4, -0.2) is 12.1 Å². The Morgan fingerprint density at radius 3 is 3.00 bits per heavy atom. The van der Waals surface area contributed by atoms with Gasteiger partial charge in [0.05, 0.1) is 6.10 Å². The molecule has 3 heteroatoms. The number of rotatable bonds is 0. The number of esters is 1. The van der Waals surface area contributed by atoms with Gasteiger partial charge in [-0.3, -0.25) is 0 Å². The van der Waals surface area contributed by atoms with Crippen molar-refractivity contribution in [2.45, 2.75) is 45.1 Å². The van der Waals surface area contributed by atoms with Crippen LogP contribution in [0.15, 0.2) is 11.9 Å². The molecule has 1 rings (SSSR count). The third-order valence-electron chi connectivity index (χ3n) is 2.14. The van der Waals surface area contributed by atoms with Crippen molar-refractivity contribution in [3.8, 4) is 0 Å². The van der Waals surface area contributed by atoms with Crippen molar-refractivity contribution in [2.75, 3.05) is 0 Å². The van der Waals surface area contributed by atoms with E-state index >= 15 is 0 Å². The standard InChI is InChI=1S/C10H15FO2/c1-8-6-4-2-3-5-7-9(11)10(12)13-8/h7-8H,2-6H2,1H3/b9-7-. The highest BCUT2D eigenvalue weighted by molar-refractivity contribution is 5.85. The van der Waals surface area contributed by atoms with Gasteiger partial charge < -0.3 is 4.74 Å². The number of ether oxygens (including phenoxy) is 1. The minimum atomic E-state index is -0.811. The van der Waals surface area contributed by atoms with Crippen LogP contribution in [0.25, 0.3) is 0 Å². The molecule has 0 aromatic rings. The van der Waals surface area contributed by atoms with Crippen LogP contribution >= 0.6 is 0 Å². The van der Waals surface area contributed by atoms with E-state index in [9.17, 15) is 9.18 Å². The monoisotopic (exact) mass is 186 g/mol. The van der Waals surface area contributed by atoms with Gasteiger partial charge in [0, 0.05) is 0 Å². The van der Waals surface area contributed by atoms with E-state index in [1.165, 1.54) is 6.08 Å². The summed E-state index contributed by atoms with van der Waals surface area (Å²) in [5.41, 5.74) is 0. The summed E-state index contributed by atoms with van der Waals surface area (Å²) in [6.45, 7) is 1.80. The van der Waals surface area contributed by atoms with Gasteiger partial charge in [-0.15, -0.1) is 0 Å². The summed E-state index contributed by atoms with van der Waals surface area (Å²) in [6.07, 6.45) is 5.70. The predicted octanol–water partition coefficient (Wildman–Crippen LogP) is 2.74. The number of halogens is 1. The van der Waals surface area contributed by atoms with Crippen LogP contribution < -0.4 is 0 Å². The van der Waals surface area contributed by atoms with Crippen molar-refractivity contribution in [3.63, 3.8) is 0 Å². The fraction of sp³-hybridized carbons (Fsp3) is 0.700. The zero-order valence-corrected chi connectivity index (χ0v) is 7.88. The molecule has 0 aromatic carbocycles. The van der Waals surface area contributed by atoms with Gasteiger partial charge in [-0.05, 0) is 38.7 Å². The summed E-state index contributed by atoms with van der Waals surface area (Å²) in [7, 11) is 0. The van der Waals surface area contributed by atoms with Gasteiger partial charge in [-0.1, -0.05) is 6.42 Å². The minimum Gasteiger partial charge on any atom is -0.457 e. The molecule has 0 bridgehead atoms. The maximum Gasteiger partial charge on any atom is 0.367 e. The maximum absolute atomic E-state index is 12.9. The Kier molecular flexibility index (Phi) is 3.93. The SMILES string of the molecule is CC1CCCCC/C=C(\F)C(=O)O1. The first-order valence-electron chi connectivity index (χ1n) is 4.77. The van der Waals surface area contributed by atoms with Gasteiger partial charge in [0.25, 0.3) is 0 Å². The van der Waals surface area contributed by atoms with Crippen molar-refractivity contribution < 1.29 is 13.9 Å². The molecule has 0 N–H and O–H groups in total. The molecule has 0 spiro atoms. The van der Waals surface area contributed by atoms with Crippen LogP contribution in [0.2, 0.25) is 0 Å². The average Bonchev–Trinajstić information content (AvgIpc) is 2.09. The fourth-order valence-corrected chi connectivity index (χ4v) is 1.36. The van der Waals surface area contributed by atoms with E-state index in [2.05, 4.69) is 0 Å². The molecule has 0 saturated carbocycles. The van der Waals surface area contributed by atoms with E-state index in [0.29, 0.717) is 6.42 Å². The second kappa shape index (κ2) is 5.00. The quantitative estimate of drug-likeness (QED) is 0.544. The number of cyclic esters (lactones) is 1. The van der Waals surface area contributed by atoms with Crippen LogP contribution in [0.1, 0.15) is 39.0 Å². The zero-order valence-electron chi connectivity index (χ0n) is 7.88. The second-order valence-electron chi connectivity index (χ2n) is 3.41. The average molecular weight is 186 g/mol. The molecule has 0 aliphatic carbocycles. The zero-order chi connectivity index (χ0) is 9.68. The maximum atomic E-state index is 12.9. The molecule has 0 saturated heterocycles. The summed E-state index contributed by atoms with van der Waals surface area (Å²) in [5.74, 6) is -1.55. The second-order valence-corrected chi connectivity index (χ2v) is 3.41. The highest BCUT2D eigenvalue weighted by Gasteiger charge is 2.14. The number of carbonyl (C=O) groups excluding carboxylic acids is 1. The molecule has 0 amide bonds. The highest BCUT2D eigenvalue weighted by atomic mass is 19.1. The van der Waals surface area contributed by atoms with Crippen LogP contribution in [0.4, 0.5) is 4.39 Å². The Balaban J connectivity index is 2.57. The summed E-state index contributed by atoms with van der Waals surface area (Å²) in [5, 5.41) is 0. The van der Waals surface area contributed by atoms with Crippen LogP contribution in [0, 0.1) is 0 Å². The van der Waals surface area contributed by atoms with E-state index in [0.717, 1.165) is 25.7 Å². The minimum absolute atomic E-state index is 0.162. The summed E-state index contributed by atoms with van der Waals surface area (Å²) in [4.78, 5) is 11.0. The lowest BCUT2D eigenvalue weighted by molar-refractivity contribution is -0.145. The normalized spacial score (nSPS) is 30.2. The molecule has 1 aliphatic rings. The first-order valence-corrected chi connectivity index (χ1v) is 4.77. The van der Waals surface area contributed by atoms with E-state index in [4.69, 9.17) is 4.74 Å². The van der Waals surface area contributed by atoms with Crippen molar-refractivity contribution in [3.05, 3.63) is 11.9 Å². The van der Waals surface area contributed by atoms with Gasteiger partial charge in [-0.2, -0.15) is 4.39 Å². The lowest BCUT2D eigenvalue weighted by Crippen LogP contribution is -2.15. The van der Waals surface area contributed by atoms with Gasteiger partial charge in [0.15, 0.2) is 0 Å². The highest BCUT2D eigenvalue weighted by Crippen LogP contribution is 2.14. The van der Waals surface area contributed by atoms with E-state index in [1.54, 1.807) is 6.92 Å². The number of hydrogen-bond acceptors (Lipinski definition) is 2. The summed E-state index contributed by atoms with van der Waals surface area (Å²) in [6, 6.07) is 0. The fourth-order valence-electron chi connectivity index (χ4n) is 1.36. The summed E-state index contributed by atoms with van der Waals surface area (Å²) < 4.78 is 17.7. The smallest absolute Gasteiger partial charge is 0.367 e. The topological polar surface area (TPSA) is 26.3 Å². The number of allylic oxidation sites excluding steroid dienone is 1. The molecule has 1 unspecified atom stereocenters. The molecule has 0 radical (unpaired) electrons. The molecule has 0 fully saturated rings. The third kappa shape index (κ3) is 3.57. The van der Waals surface area contributed by atoms with Crippen molar-refractivity contribution in [1.29, 1.82) is 0 Å². The largest absolute Gasteiger partial charge is 0.457 e. The first-order chi connectivity index (χ1) is 6.20. The van der Waals surface area contributed by atoms with Gasteiger partial charge in [-0.25, -0.2) is 4.79 Å². The van der Waals surface area contributed by atoms with E-state index in [1.807, 2.05) is 0 Å². The van der Waals surface area contributed by atoms with Gasteiger partial charge in [0.1, 0.15) is 0 Å². The first kappa shape index (κ1) is 10.2. The molecule has 1 atom stereocenters. The predicted molar refractivity (Wildman–Crippen MR) is 47.8 cm³/mol. The van der Waals surface area contributed by atoms with Crippen LogP contribution in [0.5, 0.6) is 0 Å². The Bertz CT molecular complexity index is 211. The lowest BCUT2D eigenvalue weighted by atomic mass is 10.1. The molecule has 1 aliphatic heterocycles. The lowest BCUT2D eigenvalue weighted by Gasteiger charge is -2.13. The third-order valence-corrected chi connectivity index (χ3v) is 2.14. The van der Waals surface area contributed by atoms with Crippen LogP contribution in [-0.2, 0) is 9.53 Å². The molecule has 1 heterocycles. The van der Waals surface area contributed by atoms with Gasteiger partial charge >= 0.3 is 5.97 Å². The van der Waals surface area contributed by atoms with Crippen LogP contribution in [0.3, 0.4) is 0 Å². The van der Waals surface area contributed by atoms with Crippen molar-refractivity contribution in [2.24, 2.45) is 0 Å². The summed E-state index contributed by atoms with van der Waals surface area (Å²) >= 11 is 0. The molecular weight excluding hydrogens is 171 g/mol. The molecular formula is C10H15FO2. The van der Waals surface area contributed by atoms with Crippen molar-refractivity contribution in [1.82, 2.24) is 0 Å². The number of carbonyl (C=O) groups is 1. The van der Waals surface area contributed by atoms with Crippen molar-refractivity contribution >= 4 is 5.97 Å². The number of hydrogen-bond donors (Lipinski definition) is 0. The van der Waals surface area contributed by atoms with E-state index in [-0.39, 0.29) is 6.10 Å². The van der Waals surface area contributed by atoms with Gasteiger partial charge in [0.2, 0.25) is 5.83 Å². The molecule has 2 nitrogen and oxygen atoms in total. The molecule has 0 aromatic heterocycles. The Morgan fingerprint density at radius 1 is 1.46 bits per heavy atom. The Hall–Kier alpha value is -0.860. The molecule has 13 heavy (non-hydrogen) atoms. The van der Waals surface area contributed by atoms with E-state index < -0.39 is 11.8 Å². The Labute approximate surface area is 77.8 Å².